The van der Waals surface area contributed by atoms with Crippen LogP contribution in [0, 0.1) is 0 Å². The van der Waals surface area contributed by atoms with E-state index in [0.717, 1.165) is 50.6 Å². The van der Waals surface area contributed by atoms with Crippen molar-refractivity contribution in [3.8, 4) is 5.75 Å². The number of ether oxygens (including phenoxy) is 1. The monoisotopic (exact) mass is 385 g/mol. The van der Waals surface area contributed by atoms with E-state index < -0.39 is 0 Å². The molecule has 28 heavy (non-hydrogen) atoms. The molecule has 2 aromatic rings. The number of nitrogens with zero attached hydrogens (tertiary/aromatic N) is 5. The van der Waals surface area contributed by atoms with Gasteiger partial charge in [0.15, 0.2) is 0 Å². The summed E-state index contributed by atoms with van der Waals surface area (Å²) in [7, 11) is 1.71. The first-order valence-corrected chi connectivity index (χ1v) is 10.8. The predicted octanol–water partition coefficient (Wildman–Crippen LogP) is 2.04. The molecule has 0 unspecified atom stereocenters. The van der Waals surface area contributed by atoms with E-state index in [9.17, 15) is 0 Å². The molecule has 1 aromatic heterocycles. The Morgan fingerprint density at radius 1 is 1.14 bits per heavy atom. The minimum absolute atomic E-state index is 0.401. The van der Waals surface area contributed by atoms with Crippen molar-refractivity contribution >= 4 is 5.69 Å². The molecule has 152 valence electrons. The molecule has 0 bridgehead atoms. The highest BCUT2D eigenvalue weighted by molar-refractivity contribution is 5.49. The van der Waals surface area contributed by atoms with Gasteiger partial charge in [0.2, 0.25) is 5.82 Å². The average molecular weight is 386 g/mol. The summed E-state index contributed by atoms with van der Waals surface area (Å²) in [4.78, 5) is 4.10. The van der Waals surface area contributed by atoms with Crippen molar-refractivity contribution in [1.82, 2.24) is 20.2 Å². The van der Waals surface area contributed by atoms with E-state index in [1.807, 2.05) is 12.1 Å². The Morgan fingerprint density at radius 2 is 1.86 bits per heavy atom. The van der Waals surface area contributed by atoms with Gasteiger partial charge in [0.1, 0.15) is 11.8 Å². The standard InChI is InChI=1S/C21H32N6O/c1-3-6-20(21-22-23-24-27(21)18-7-4-5-8-18)26-15-13-25(14-16-26)17-9-11-19(28-2)12-10-17/h9-12,18,20H,3-8,13-16H2,1-2H3/p+1/t20-/m0/s1. The maximum absolute atomic E-state index is 5.28. The van der Waals surface area contributed by atoms with Crippen LogP contribution < -0.4 is 14.5 Å². The first kappa shape index (κ1) is 19.2. The van der Waals surface area contributed by atoms with Gasteiger partial charge >= 0.3 is 0 Å². The van der Waals surface area contributed by atoms with Gasteiger partial charge in [0, 0.05) is 12.1 Å². The fraction of sp³-hybridized carbons (Fsp3) is 0.667. The Hall–Kier alpha value is -2.15. The molecule has 1 saturated heterocycles. The lowest BCUT2D eigenvalue weighted by molar-refractivity contribution is -0.933. The van der Waals surface area contributed by atoms with Crippen molar-refractivity contribution < 1.29 is 9.64 Å². The van der Waals surface area contributed by atoms with E-state index in [-0.39, 0.29) is 0 Å². The maximum Gasteiger partial charge on any atom is 0.209 e. The smallest absolute Gasteiger partial charge is 0.209 e. The minimum Gasteiger partial charge on any atom is -0.497 e. The van der Waals surface area contributed by atoms with E-state index in [1.54, 1.807) is 12.0 Å². The number of hydrogen-bond acceptors (Lipinski definition) is 5. The Bertz CT molecular complexity index is 732. The number of rotatable bonds is 7. The Kier molecular flexibility index (Phi) is 6.10. The van der Waals surface area contributed by atoms with Gasteiger partial charge in [-0.05, 0) is 47.5 Å². The van der Waals surface area contributed by atoms with Gasteiger partial charge in [-0.25, -0.2) is 4.68 Å². The van der Waals surface area contributed by atoms with Crippen LogP contribution in [0.1, 0.15) is 63.4 Å². The van der Waals surface area contributed by atoms with Crippen molar-refractivity contribution in [3.05, 3.63) is 30.1 Å². The summed E-state index contributed by atoms with van der Waals surface area (Å²) >= 11 is 0. The summed E-state index contributed by atoms with van der Waals surface area (Å²) in [5.41, 5.74) is 1.28. The number of piperazine rings is 1. The lowest BCUT2D eigenvalue weighted by atomic mass is 10.1. The van der Waals surface area contributed by atoms with Gasteiger partial charge in [0.25, 0.3) is 0 Å². The molecule has 1 saturated carbocycles. The molecular weight excluding hydrogens is 352 g/mol. The van der Waals surface area contributed by atoms with Crippen LogP contribution in [0.25, 0.3) is 0 Å². The van der Waals surface area contributed by atoms with Gasteiger partial charge in [-0.15, -0.1) is 5.10 Å². The van der Waals surface area contributed by atoms with Gasteiger partial charge in [-0.1, -0.05) is 26.2 Å². The fourth-order valence-corrected chi connectivity index (χ4v) is 4.84. The number of benzene rings is 1. The molecule has 2 aliphatic rings. The topological polar surface area (TPSA) is 60.5 Å². The average Bonchev–Trinajstić information content (AvgIpc) is 3.44. The SMILES string of the molecule is CCC[C@@H](c1nnnn1C1CCCC1)[NH+]1CCN(c2ccc(OC)cc2)CC1. The largest absolute Gasteiger partial charge is 0.497 e. The summed E-state index contributed by atoms with van der Waals surface area (Å²) in [6.45, 7) is 6.63. The molecule has 7 heteroatoms. The van der Waals surface area contributed by atoms with Crippen LogP contribution >= 0.6 is 0 Å². The maximum atomic E-state index is 5.28. The van der Waals surface area contributed by atoms with Crippen LogP contribution in [0.4, 0.5) is 5.69 Å². The summed E-state index contributed by atoms with van der Waals surface area (Å²) in [5.74, 6) is 2.02. The van der Waals surface area contributed by atoms with Gasteiger partial charge in [-0.3, -0.25) is 0 Å². The molecule has 1 aliphatic heterocycles. The highest BCUT2D eigenvalue weighted by atomic mass is 16.5. The molecule has 0 amide bonds. The third kappa shape index (κ3) is 3.99. The number of aromatic nitrogens is 4. The quantitative estimate of drug-likeness (QED) is 0.790. The van der Waals surface area contributed by atoms with E-state index in [0.29, 0.717) is 12.1 Å². The number of anilines is 1. The molecule has 2 heterocycles. The molecule has 2 fully saturated rings. The van der Waals surface area contributed by atoms with Crippen molar-refractivity contribution in [2.45, 2.75) is 57.5 Å². The second-order valence-electron chi connectivity index (χ2n) is 8.10. The number of tetrazole rings is 1. The summed E-state index contributed by atoms with van der Waals surface area (Å²) in [5, 5.41) is 13.0. The van der Waals surface area contributed by atoms with Gasteiger partial charge < -0.3 is 14.5 Å². The lowest BCUT2D eigenvalue weighted by Crippen LogP contribution is -3.15. The first-order valence-electron chi connectivity index (χ1n) is 10.8. The highest BCUT2D eigenvalue weighted by Crippen LogP contribution is 2.30. The lowest BCUT2D eigenvalue weighted by Gasteiger charge is -2.37. The molecule has 7 nitrogen and oxygen atoms in total. The van der Waals surface area contributed by atoms with Crippen molar-refractivity contribution in [2.24, 2.45) is 0 Å². The molecule has 1 N–H and O–H groups in total. The van der Waals surface area contributed by atoms with Crippen molar-refractivity contribution in [2.75, 3.05) is 38.2 Å². The fourth-order valence-electron chi connectivity index (χ4n) is 4.84. The van der Waals surface area contributed by atoms with Gasteiger partial charge in [0.05, 0.1) is 39.3 Å². The van der Waals surface area contributed by atoms with Crippen molar-refractivity contribution in [1.29, 1.82) is 0 Å². The number of nitrogens with one attached hydrogen (secondary N) is 1. The third-order valence-electron chi connectivity index (χ3n) is 6.41. The van der Waals surface area contributed by atoms with Crippen LogP contribution in [-0.2, 0) is 0 Å². The predicted molar refractivity (Wildman–Crippen MR) is 109 cm³/mol. The number of methoxy groups -OCH3 is 1. The molecule has 0 spiro atoms. The molecule has 4 rings (SSSR count). The normalized spacial score (nSPS) is 19.9. The molecular formula is C21H33N6O+. The van der Waals surface area contributed by atoms with Crippen molar-refractivity contribution in [3.63, 3.8) is 0 Å². The zero-order valence-corrected chi connectivity index (χ0v) is 17.2. The minimum atomic E-state index is 0.401. The molecule has 1 aromatic carbocycles. The Labute approximate surface area is 167 Å². The Balaban J connectivity index is 1.44. The number of hydrogen-bond donors (Lipinski definition) is 1. The zero-order chi connectivity index (χ0) is 19.3. The third-order valence-corrected chi connectivity index (χ3v) is 6.41. The van der Waals surface area contributed by atoms with Crippen LogP contribution in [0.2, 0.25) is 0 Å². The van der Waals surface area contributed by atoms with E-state index >= 15 is 0 Å². The van der Waals surface area contributed by atoms with Crippen LogP contribution in [0.3, 0.4) is 0 Å². The first-order chi connectivity index (χ1) is 13.8. The summed E-state index contributed by atoms with van der Waals surface area (Å²) in [6.07, 6.45) is 7.35. The number of quaternary nitrogens is 1. The highest BCUT2D eigenvalue weighted by Gasteiger charge is 2.34. The molecule has 1 aliphatic carbocycles. The summed E-state index contributed by atoms with van der Waals surface area (Å²) in [6, 6.07) is 9.32. The zero-order valence-electron chi connectivity index (χ0n) is 17.2. The van der Waals surface area contributed by atoms with Gasteiger partial charge in [-0.2, -0.15) is 0 Å². The second kappa shape index (κ2) is 8.90. The van der Waals surface area contributed by atoms with Crippen LogP contribution in [0.5, 0.6) is 5.75 Å². The Morgan fingerprint density at radius 3 is 2.50 bits per heavy atom. The molecule has 1 atom stereocenters. The van der Waals surface area contributed by atoms with Crippen LogP contribution in [-0.4, -0.2) is 53.5 Å². The van der Waals surface area contributed by atoms with E-state index in [1.165, 1.54) is 31.4 Å². The summed E-state index contributed by atoms with van der Waals surface area (Å²) < 4.78 is 7.45. The molecule has 0 radical (unpaired) electrons. The van der Waals surface area contributed by atoms with Crippen LogP contribution in [0.15, 0.2) is 24.3 Å². The van der Waals surface area contributed by atoms with E-state index in [4.69, 9.17) is 4.74 Å². The van der Waals surface area contributed by atoms with E-state index in [2.05, 4.69) is 44.2 Å². The second-order valence-corrected chi connectivity index (χ2v) is 8.10.